The van der Waals surface area contributed by atoms with Crippen LogP contribution in [-0.4, -0.2) is 20.6 Å². The first-order valence-corrected chi connectivity index (χ1v) is 6.49. The van der Waals surface area contributed by atoms with Crippen LogP contribution in [-0.2, 0) is 0 Å². The van der Waals surface area contributed by atoms with Crippen LogP contribution in [0.4, 0.5) is 17.1 Å². The third kappa shape index (κ3) is 3.36. The van der Waals surface area contributed by atoms with Crippen LogP contribution in [0.3, 0.4) is 0 Å². The molecule has 0 saturated heterocycles. The van der Waals surface area contributed by atoms with Crippen molar-refractivity contribution in [1.29, 1.82) is 0 Å². The lowest BCUT2D eigenvalue weighted by atomic mass is 10.0. The summed E-state index contributed by atoms with van der Waals surface area (Å²) in [6.45, 7) is 3.87. The van der Waals surface area contributed by atoms with Crippen LogP contribution in [0.25, 0.3) is 0 Å². The second-order valence-electron chi connectivity index (χ2n) is 5.05. The Balaban J connectivity index is 2.44. The normalized spacial score (nSPS) is 10.7. The van der Waals surface area contributed by atoms with Gasteiger partial charge in [0.25, 0.3) is 0 Å². The quantitative estimate of drug-likeness (QED) is 0.336. The molecule has 0 aliphatic carbocycles. The van der Waals surface area contributed by atoms with E-state index in [1.165, 1.54) is 12.1 Å². The zero-order valence-corrected chi connectivity index (χ0v) is 11.8. The van der Waals surface area contributed by atoms with Gasteiger partial charge in [-0.05, 0) is 47.9 Å². The van der Waals surface area contributed by atoms with E-state index in [9.17, 15) is 20.6 Å². The van der Waals surface area contributed by atoms with Crippen LogP contribution in [0.15, 0.2) is 36.4 Å². The lowest BCUT2D eigenvalue weighted by Gasteiger charge is -2.19. The Morgan fingerprint density at radius 3 is 2.14 bits per heavy atom. The molecule has 0 radical (unpaired) electrons. The number of anilines is 3. The van der Waals surface area contributed by atoms with Crippen LogP contribution >= 0.6 is 0 Å². The highest BCUT2D eigenvalue weighted by Crippen LogP contribution is 2.39. The van der Waals surface area contributed by atoms with Crippen molar-refractivity contribution in [2.24, 2.45) is 0 Å². The Labute approximate surface area is 122 Å². The van der Waals surface area contributed by atoms with Gasteiger partial charge in [0.05, 0.1) is 0 Å². The van der Waals surface area contributed by atoms with Crippen molar-refractivity contribution in [3.05, 3.63) is 42.0 Å². The minimum absolute atomic E-state index is 0.0334. The number of nitrogens with zero attached hydrogens (tertiary/aromatic N) is 1. The molecule has 0 unspecified atom stereocenters. The van der Waals surface area contributed by atoms with Gasteiger partial charge in [0.15, 0.2) is 0 Å². The van der Waals surface area contributed by atoms with Crippen LogP contribution in [0, 0.1) is 0 Å². The van der Waals surface area contributed by atoms with Gasteiger partial charge >= 0.3 is 0 Å². The topological polar surface area (TPSA) is 96.2 Å². The molecule has 0 aromatic heterocycles. The molecule has 0 spiro atoms. The van der Waals surface area contributed by atoms with Crippen molar-refractivity contribution in [3.63, 3.8) is 0 Å². The Morgan fingerprint density at radius 1 is 1.00 bits per heavy atom. The molecule has 6 nitrogen and oxygen atoms in total. The van der Waals surface area contributed by atoms with Gasteiger partial charge in [-0.25, -0.2) is 0 Å². The summed E-state index contributed by atoms with van der Waals surface area (Å²) in [4.78, 5) is 0. The van der Waals surface area contributed by atoms with E-state index in [0.717, 1.165) is 5.56 Å². The molecule has 2 aromatic rings. The Morgan fingerprint density at radius 2 is 1.62 bits per heavy atom. The van der Waals surface area contributed by atoms with Gasteiger partial charge in [0, 0.05) is 5.69 Å². The molecule has 0 saturated carbocycles. The molecular formula is C15H18N2O4. The van der Waals surface area contributed by atoms with E-state index in [2.05, 4.69) is 5.32 Å². The highest BCUT2D eigenvalue weighted by molar-refractivity contribution is 5.80. The van der Waals surface area contributed by atoms with E-state index in [0.29, 0.717) is 5.69 Å². The maximum Gasteiger partial charge on any atom is 0.141 e. The summed E-state index contributed by atoms with van der Waals surface area (Å²) in [6.07, 6.45) is 0. The number of rotatable bonds is 4. The second kappa shape index (κ2) is 5.90. The number of benzene rings is 2. The van der Waals surface area contributed by atoms with Crippen LogP contribution in [0.2, 0.25) is 0 Å². The van der Waals surface area contributed by atoms with Gasteiger partial charge in [-0.1, -0.05) is 13.8 Å². The summed E-state index contributed by atoms with van der Waals surface area (Å²) < 4.78 is 0. The third-order valence-electron chi connectivity index (χ3n) is 3.14. The highest BCUT2D eigenvalue weighted by atomic mass is 16.8. The van der Waals surface area contributed by atoms with Gasteiger partial charge in [-0.3, -0.25) is 10.4 Å². The molecule has 0 fully saturated rings. The van der Waals surface area contributed by atoms with Crippen LogP contribution in [0.1, 0.15) is 25.3 Å². The van der Waals surface area contributed by atoms with Crippen LogP contribution < -0.4 is 10.5 Å². The van der Waals surface area contributed by atoms with E-state index >= 15 is 0 Å². The van der Waals surface area contributed by atoms with E-state index < -0.39 is 0 Å². The predicted octanol–water partition coefficient (Wildman–Crippen LogP) is 3.55. The number of aromatic hydroxyl groups is 2. The molecule has 112 valence electrons. The summed E-state index contributed by atoms with van der Waals surface area (Å²) in [6, 6.07) is 9.32. The maximum absolute atomic E-state index is 10.1. The van der Waals surface area contributed by atoms with Crippen molar-refractivity contribution in [2.75, 3.05) is 10.5 Å². The summed E-state index contributed by atoms with van der Waals surface area (Å²) in [5, 5.41) is 40.9. The van der Waals surface area contributed by atoms with Gasteiger partial charge in [0.2, 0.25) is 0 Å². The monoisotopic (exact) mass is 290 g/mol. The van der Waals surface area contributed by atoms with Crippen molar-refractivity contribution < 1.29 is 20.6 Å². The van der Waals surface area contributed by atoms with Gasteiger partial charge in [0.1, 0.15) is 22.9 Å². The lowest BCUT2D eigenvalue weighted by Crippen LogP contribution is -2.13. The molecule has 21 heavy (non-hydrogen) atoms. The molecule has 5 N–H and O–H groups in total. The number of nitrogens with one attached hydrogen (secondary N) is 1. The fraction of sp³-hybridized carbons (Fsp3) is 0.200. The smallest absolute Gasteiger partial charge is 0.141 e. The van der Waals surface area contributed by atoms with Gasteiger partial charge < -0.3 is 15.5 Å². The summed E-state index contributed by atoms with van der Waals surface area (Å²) in [7, 11) is 0. The minimum Gasteiger partial charge on any atom is -0.508 e. The molecule has 0 aliphatic heterocycles. The predicted molar refractivity (Wildman–Crippen MR) is 79.6 cm³/mol. The number of hydrogen-bond acceptors (Lipinski definition) is 6. The molecule has 6 heteroatoms. The molecule has 0 aliphatic rings. The van der Waals surface area contributed by atoms with Crippen molar-refractivity contribution >= 4 is 17.1 Å². The van der Waals surface area contributed by atoms with Crippen LogP contribution in [0.5, 0.6) is 11.5 Å². The molecule has 0 heterocycles. The highest BCUT2D eigenvalue weighted by Gasteiger charge is 2.16. The average Bonchev–Trinajstić information content (AvgIpc) is 2.42. The van der Waals surface area contributed by atoms with Crippen molar-refractivity contribution in [2.45, 2.75) is 19.8 Å². The Bertz CT molecular complexity index is 624. The largest absolute Gasteiger partial charge is 0.508 e. The maximum atomic E-state index is 10.1. The first-order chi connectivity index (χ1) is 9.88. The minimum atomic E-state index is -0.0997. The number of hydrogen-bond donors (Lipinski definition) is 5. The Hall–Kier alpha value is -2.44. The SMILES string of the molecule is CC(C)c1cc(O)c(Nc2ccc(O)cc2)c(N(O)O)c1. The van der Waals surface area contributed by atoms with E-state index in [1.807, 2.05) is 13.8 Å². The van der Waals surface area contributed by atoms with Gasteiger partial charge in [-0.15, -0.1) is 5.23 Å². The zero-order valence-electron chi connectivity index (χ0n) is 11.8. The van der Waals surface area contributed by atoms with Gasteiger partial charge in [-0.2, -0.15) is 0 Å². The van der Waals surface area contributed by atoms with E-state index in [1.54, 1.807) is 24.3 Å². The standard InChI is InChI=1S/C15H18N2O4/c1-9(2)10-7-13(17(20)21)15(14(19)8-10)16-11-3-5-12(18)6-4-11/h3-9,16,18-21H,1-2H3. The third-order valence-corrected chi connectivity index (χ3v) is 3.14. The summed E-state index contributed by atoms with van der Waals surface area (Å²) in [5.41, 5.74) is 1.55. The molecule has 2 aromatic carbocycles. The molecular weight excluding hydrogens is 272 g/mol. The van der Waals surface area contributed by atoms with Crippen molar-refractivity contribution in [1.82, 2.24) is 0 Å². The number of phenolic OH excluding ortho intramolecular Hbond substituents is 2. The average molecular weight is 290 g/mol. The molecule has 0 bridgehead atoms. The fourth-order valence-corrected chi connectivity index (χ4v) is 1.94. The van der Waals surface area contributed by atoms with E-state index in [-0.39, 0.29) is 34.0 Å². The number of phenols is 2. The molecule has 2 rings (SSSR count). The molecule has 0 atom stereocenters. The fourth-order valence-electron chi connectivity index (χ4n) is 1.94. The first-order valence-electron chi connectivity index (χ1n) is 6.49. The first kappa shape index (κ1) is 15.0. The molecule has 0 amide bonds. The second-order valence-corrected chi connectivity index (χ2v) is 5.05. The zero-order chi connectivity index (χ0) is 15.6. The lowest BCUT2D eigenvalue weighted by molar-refractivity contribution is 0.0294. The van der Waals surface area contributed by atoms with Crippen molar-refractivity contribution in [3.8, 4) is 11.5 Å². The Kier molecular flexibility index (Phi) is 4.21. The summed E-state index contributed by atoms with van der Waals surface area (Å²) in [5.74, 6) is 0.140. The van der Waals surface area contributed by atoms with E-state index in [4.69, 9.17) is 0 Å². The summed E-state index contributed by atoms with van der Waals surface area (Å²) >= 11 is 0.